The van der Waals surface area contributed by atoms with E-state index < -0.39 is 0 Å². The van der Waals surface area contributed by atoms with E-state index in [9.17, 15) is 9.59 Å². The van der Waals surface area contributed by atoms with Crippen LogP contribution >= 0.6 is 0 Å². The largest absolute Gasteiger partial charge is 0.496 e. The van der Waals surface area contributed by atoms with Crippen molar-refractivity contribution in [3.63, 3.8) is 0 Å². The normalized spacial score (nSPS) is 18.6. The number of rotatable bonds is 9. The van der Waals surface area contributed by atoms with Crippen LogP contribution in [-0.4, -0.2) is 57.8 Å². The Hall–Kier alpha value is -3.13. The van der Waals surface area contributed by atoms with Crippen LogP contribution in [0, 0.1) is 12.8 Å². The molecule has 0 spiro atoms. The van der Waals surface area contributed by atoms with Crippen LogP contribution in [0.1, 0.15) is 56.7 Å². The first-order valence-electron chi connectivity index (χ1n) is 13.8. The second kappa shape index (κ2) is 11.1. The SMILES string of the molecule is CCn1c(C)c(CCC(=O)NC[C@H]2CCN(C3CCCC3)C2)c(=O)n2nc(-c3ccccc3OC)cc12. The lowest BCUT2D eigenvalue weighted by Gasteiger charge is -2.23. The molecule has 3 aromatic rings. The van der Waals surface area contributed by atoms with Crippen LogP contribution in [0.15, 0.2) is 35.1 Å². The number of nitrogens with zero attached hydrogens (tertiary/aromatic N) is 4. The van der Waals surface area contributed by atoms with E-state index in [1.54, 1.807) is 7.11 Å². The van der Waals surface area contributed by atoms with Gasteiger partial charge in [0.1, 0.15) is 11.4 Å². The zero-order chi connectivity index (χ0) is 25.9. The molecule has 1 amide bonds. The smallest absolute Gasteiger partial charge is 0.277 e. The maximum atomic E-state index is 13.5. The number of hydrogen-bond acceptors (Lipinski definition) is 5. The number of methoxy groups -OCH3 is 1. The number of aromatic nitrogens is 3. The van der Waals surface area contributed by atoms with Crippen molar-refractivity contribution in [2.24, 2.45) is 5.92 Å². The van der Waals surface area contributed by atoms with Gasteiger partial charge < -0.3 is 19.5 Å². The lowest BCUT2D eigenvalue weighted by Crippen LogP contribution is -2.34. The van der Waals surface area contributed by atoms with E-state index in [0.29, 0.717) is 42.3 Å². The Kier molecular flexibility index (Phi) is 7.65. The Balaban J connectivity index is 1.28. The molecule has 1 saturated heterocycles. The Bertz CT molecular complexity index is 1320. The van der Waals surface area contributed by atoms with Crippen LogP contribution in [0.2, 0.25) is 0 Å². The summed E-state index contributed by atoms with van der Waals surface area (Å²) in [7, 11) is 1.63. The highest BCUT2D eigenvalue weighted by Crippen LogP contribution is 2.30. The molecule has 37 heavy (non-hydrogen) atoms. The highest BCUT2D eigenvalue weighted by Gasteiger charge is 2.30. The van der Waals surface area contributed by atoms with E-state index in [1.807, 2.05) is 37.3 Å². The van der Waals surface area contributed by atoms with Crippen molar-refractivity contribution >= 4 is 11.6 Å². The van der Waals surface area contributed by atoms with Crippen molar-refractivity contribution in [3.05, 3.63) is 51.9 Å². The van der Waals surface area contributed by atoms with Crippen molar-refractivity contribution in [1.82, 2.24) is 24.4 Å². The summed E-state index contributed by atoms with van der Waals surface area (Å²) in [6.07, 6.45) is 7.22. The van der Waals surface area contributed by atoms with Crippen molar-refractivity contribution < 1.29 is 9.53 Å². The molecule has 1 N–H and O–H groups in total. The molecule has 1 aromatic carbocycles. The van der Waals surface area contributed by atoms with E-state index in [1.165, 1.54) is 30.2 Å². The quantitative estimate of drug-likeness (QED) is 0.478. The summed E-state index contributed by atoms with van der Waals surface area (Å²) in [6, 6.07) is 10.4. The summed E-state index contributed by atoms with van der Waals surface area (Å²) in [5.74, 6) is 1.25. The van der Waals surface area contributed by atoms with Gasteiger partial charge in [0.2, 0.25) is 5.91 Å². The van der Waals surface area contributed by atoms with E-state index in [-0.39, 0.29) is 11.5 Å². The molecule has 2 aromatic heterocycles. The molecule has 0 unspecified atom stereocenters. The second-order valence-electron chi connectivity index (χ2n) is 10.5. The van der Waals surface area contributed by atoms with Gasteiger partial charge in [-0.15, -0.1) is 0 Å². The minimum absolute atomic E-state index is 0.0106. The Morgan fingerprint density at radius 2 is 1.97 bits per heavy atom. The molecular formula is C29H39N5O3. The molecule has 1 aliphatic carbocycles. The zero-order valence-electron chi connectivity index (χ0n) is 22.3. The van der Waals surface area contributed by atoms with Gasteiger partial charge in [-0.05, 0) is 64.1 Å². The first-order chi connectivity index (χ1) is 18.0. The number of nitrogens with one attached hydrogen (secondary N) is 1. The number of hydrogen-bond donors (Lipinski definition) is 1. The van der Waals surface area contributed by atoms with E-state index in [0.717, 1.165) is 49.0 Å². The highest BCUT2D eigenvalue weighted by molar-refractivity contribution is 5.76. The fourth-order valence-electron chi connectivity index (χ4n) is 6.22. The number of aryl methyl sites for hydroxylation is 1. The van der Waals surface area contributed by atoms with Crippen molar-refractivity contribution in [3.8, 4) is 17.0 Å². The number of carbonyl (C=O) groups is 1. The molecule has 8 nitrogen and oxygen atoms in total. The Morgan fingerprint density at radius 3 is 2.73 bits per heavy atom. The first-order valence-corrected chi connectivity index (χ1v) is 13.8. The molecule has 1 aliphatic heterocycles. The van der Waals surface area contributed by atoms with Gasteiger partial charge in [0, 0.05) is 55.0 Å². The molecule has 0 radical (unpaired) electrons. The molecule has 1 saturated carbocycles. The summed E-state index contributed by atoms with van der Waals surface area (Å²) >= 11 is 0. The molecule has 3 heterocycles. The average molecular weight is 506 g/mol. The van der Waals surface area contributed by atoms with Gasteiger partial charge in [-0.3, -0.25) is 9.59 Å². The number of likely N-dealkylation sites (tertiary alicyclic amines) is 1. The van der Waals surface area contributed by atoms with Crippen molar-refractivity contribution in [1.29, 1.82) is 0 Å². The number of fused-ring (bicyclic) bond motifs is 1. The van der Waals surface area contributed by atoms with Gasteiger partial charge in [-0.2, -0.15) is 9.61 Å². The number of amides is 1. The van der Waals surface area contributed by atoms with E-state index >= 15 is 0 Å². The van der Waals surface area contributed by atoms with Crippen molar-refractivity contribution in [2.75, 3.05) is 26.7 Å². The predicted molar refractivity (Wildman–Crippen MR) is 145 cm³/mol. The predicted octanol–water partition coefficient (Wildman–Crippen LogP) is 3.81. The van der Waals surface area contributed by atoms with Crippen LogP contribution in [0.25, 0.3) is 16.9 Å². The van der Waals surface area contributed by atoms with Gasteiger partial charge in [0.15, 0.2) is 0 Å². The van der Waals surface area contributed by atoms with Crippen molar-refractivity contribution in [2.45, 2.75) is 71.4 Å². The first kappa shape index (κ1) is 25.5. The Morgan fingerprint density at radius 1 is 1.19 bits per heavy atom. The number of para-hydroxylation sites is 1. The average Bonchev–Trinajstić information content (AvgIpc) is 3.68. The molecule has 2 aliphatic rings. The molecular weight excluding hydrogens is 466 g/mol. The summed E-state index contributed by atoms with van der Waals surface area (Å²) < 4.78 is 9.07. The summed E-state index contributed by atoms with van der Waals surface area (Å²) in [5, 5.41) is 7.79. The fourth-order valence-corrected chi connectivity index (χ4v) is 6.22. The zero-order valence-corrected chi connectivity index (χ0v) is 22.3. The molecule has 2 fully saturated rings. The summed E-state index contributed by atoms with van der Waals surface area (Å²) in [4.78, 5) is 28.8. The van der Waals surface area contributed by atoms with E-state index in [4.69, 9.17) is 4.74 Å². The summed E-state index contributed by atoms with van der Waals surface area (Å²) in [6.45, 7) is 7.69. The van der Waals surface area contributed by atoms with Crippen LogP contribution in [0.5, 0.6) is 5.75 Å². The standard InChI is InChI=1S/C29H39N5O3/c1-4-33-20(2)23(13-14-27(35)30-18-21-15-16-32(19-21)22-9-5-6-10-22)29(36)34-28(33)17-25(31-34)24-11-7-8-12-26(24)37-3/h7-8,11-12,17,21-22H,4-6,9-10,13-16,18-19H2,1-3H3,(H,30,35)/t21-/m1/s1. The number of carbonyl (C=O) groups excluding carboxylic acids is 1. The lowest BCUT2D eigenvalue weighted by molar-refractivity contribution is -0.121. The number of ether oxygens (including phenoxy) is 1. The topological polar surface area (TPSA) is 80.9 Å². The van der Waals surface area contributed by atoms with Crippen LogP contribution in [0.4, 0.5) is 0 Å². The summed E-state index contributed by atoms with van der Waals surface area (Å²) in [5.41, 5.74) is 3.65. The third-order valence-electron chi connectivity index (χ3n) is 8.31. The third-order valence-corrected chi connectivity index (χ3v) is 8.31. The third kappa shape index (κ3) is 5.17. The minimum atomic E-state index is -0.158. The molecule has 198 valence electrons. The van der Waals surface area contributed by atoms with Gasteiger partial charge in [0.05, 0.1) is 12.8 Å². The maximum Gasteiger partial charge on any atom is 0.277 e. The van der Waals surface area contributed by atoms with Gasteiger partial charge in [0.25, 0.3) is 5.56 Å². The van der Waals surface area contributed by atoms with E-state index in [2.05, 4.69) is 26.8 Å². The molecule has 0 bridgehead atoms. The Labute approximate surface area is 218 Å². The monoisotopic (exact) mass is 505 g/mol. The van der Waals surface area contributed by atoms with Gasteiger partial charge >= 0.3 is 0 Å². The lowest BCUT2D eigenvalue weighted by atomic mass is 10.1. The number of benzene rings is 1. The highest BCUT2D eigenvalue weighted by atomic mass is 16.5. The fraction of sp³-hybridized carbons (Fsp3) is 0.552. The van der Waals surface area contributed by atoms with Gasteiger partial charge in [-0.25, -0.2) is 0 Å². The molecule has 5 rings (SSSR count). The minimum Gasteiger partial charge on any atom is -0.496 e. The second-order valence-corrected chi connectivity index (χ2v) is 10.5. The molecule has 1 atom stereocenters. The van der Waals surface area contributed by atoms with Crippen LogP contribution in [0.3, 0.4) is 0 Å². The van der Waals surface area contributed by atoms with Gasteiger partial charge in [-0.1, -0.05) is 25.0 Å². The van der Waals surface area contributed by atoms with Crippen LogP contribution in [-0.2, 0) is 17.8 Å². The maximum absolute atomic E-state index is 13.5. The van der Waals surface area contributed by atoms with Crippen LogP contribution < -0.4 is 15.6 Å². The molecule has 8 heteroatoms.